The third-order valence-electron chi connectivity index (χ3n) is 3.96. The third-order valence-corrected chi connectivity index (χ3v) is 5.19. The molecule has 0 saturated carbocycles. The van der Waals surface area contributed by atoms with E-state index in [0.29, 0.717) is 12.7 Å². The van der Waals surface area contributed by atoms with Gasteiger partial charge in [-0.1, -0.05) is 48.6 Å². The van der Waals surface area contributed by atoms with Crippen molar-refractivity contribution >= 4 is 9.84 Å². The fourth-order valence-corrected chi connectivity index (χ4v) is 3.60. The van der Waals surface area contributed by atoms with E-state index in [0.717, 1.165) is 10.9 Å². The van der Waals surface area contributed by atoms with Crippen molar-refractivity contribution in [2.45, 2.75) is 26.1 Å². The molecule has 164 valence electrons. The van der Waals surface area contributed by atoms with Gasteiger partial charge in [-0.3, -0.25) is 9.07 Å². The van der Waals surface area contributed by atoms with Crippen LogP contribution in [-0.2, 0) is 29.0 Å². The molecule has 2 rings (SSSR count). The maximum atomic E-state index is 13.8. The minimum atomic E-state index is -4.61. The number of aromatic nitrogens is 2. The first-order valence-electron chi connectivity index (χ1n) is 8.83. The first-order valence-corrected chi connectivity index (χ1v) is 10.7. The Hall–Kier alpha value is -2.68. The van der Waals surface area contributed by atoms with Crippen molar-refractivity contribution in [3.05, 3.63) is 77.5 Å². The lowest BCUT2D eigenvalue weighted by Crippen LogP contribution is -2.15. The van der Waals surface area contributed by atoms with Crippen LogP contribution in [0.5, 0.6) is 0 Å². The van der Waals surface area contributed by atoms with Crippen molar-refractivity contribution < 1.29 is 26.0 Å². The fourth-order valence-electron chi connectivity index (χ4n) is 2.83. The van der Waals surface area contributed by atoms with Gasteiger partial charge in [0.25, 0.3) is 0 Å². The molecule has 1 aromatic carbocycles. The van der Waals surface area contributed by atoms with Gasteiger partial charge in [-0.2, -0.15) is 18.3 Å². The zero-order chi connectivity index (χ0) is 22.9. The van der Waals surface area contributed by atoms with Crippen LogP contribution in [0.15, 0.2) is 66.1 Å². The summed E-state index contributed by atoms with van der Waals surface area (Å²) < 4.78 is 75.1. The molecule has 0 saturated heterocycles. The van der Waals surface area contributed by atoms with Crippen LogP contribution in [0.2, 0.25) is 0 Å². The number of alkyl halides is 4. The van der Waals surface area contributed by atoms with E-state index in [2.05, 4.69) is 11.7 Å². The van der Waals surface area contributed by atoms with Crippen LogP contribution in [0.3, 0.4) is 0 Å². The average Bonchev–Trinajstić information content (AvgIpc) is 3.05. The molecule has 9 heteroatoms. The Labute approximate surface area is 174 Å². The Morgan fingerprint density at radius 3 is 2.27 bits per heavy atom. The molecule has 1 aromatic heterocycles. The first-order chi connectivity index (χ1) is 14.1. The van der Waals surface area contributed by atoms with Gasteiger partial charge in [-0.25, -0.2) is 8.42 Å². The zero-order valence-electron chi connectivity index (χ0n) is 16.9. The van der Waals surface area contributed by atoms with Gasteiger partial charge in [0.05, 0.1) is 24.3 Å². The van der Waals surface area contributed by atoms with E-state index in [1.54, 1.807) is 37.3 Å². The van der Waals surface area contributed by atoms with E-state index >= 15 is 0 Å². The van der Waals surface area contributed by atoms with Gasteiger partial charge in [0.15, 0.2) is 15.5 Å². The predicted molar refractivity (Wildman–Crippen MR) is 111 cm³/mol. The van der Waals surface area contributed by atoms with E-state index in [4.69, 9.17) is 0 Å². The molecule has 4 nitrogen and oxygen atoms in total. The number of halogens is 4. The molecule has 30 heavy (non-hydrogen) atoms. The summed E-state index contributed by atoms with van der Waals surface area (Å²) in [5.74, 6) is 0. The van der Waals surface area contributed by atoms with Gasteiger partial charge in [0, 0.05) is 18.2 Å². The van der Waals surface area contributed by atoms with Crippen LogP contribution in [0.4, 0.5) is 17.6 Å². The molecular weight excluding hydrogens is 420 g/mol. The lowest BCUT2D eigenvalue weighted by molar-refractivity contribution is -0.143. The average molecular weight is 444 g/mol. The number of sulfone groups is 1. The monoisotopic (exact) mass is 444 g/mol. The van der Waals surface area contributed by atoms with Crippen LogP contribution < -0.4 is 0 Å². The second-order valence-corrected chi connectivity index (χ2v) is 8.09. The molecule has 0 radical (unpaired) electrons. The summed E-state index contributed by atoms with van der Waals surface area (Å²) in [6.45, 7) is 4.98. The van der Waals surface area contributed by atoms with Crippen molar-refractivity contribution in [1.82, 2.24) is 9.78 Å². The van der Waals surface area contributed by atoms with Crippen LogP contribution in [0.25, 0.3) is 11.1 Å². The van der Waals surface area contributed by atoms with Crippen LogP contribution >= 0.6 is 0 Å². The molecule has 0 atom stereocenters. The lowest BCUT2D eigenvalue weighted by atomic mass is 10.0. The highest BCUT2D eigenvalue weighted by molar-refractivity contribution is 7.94. The third kappa shape index (κ3) is 6.41. The van der Waals surface area contributed by atoms with E-state index in [1.165, 1.54) is 24.3 Å². The highest BCUT2D eigenvalue weighted by atomic mass is 32.2. The Morgan fingerprint density at radius 1 is 1.20 bits per heavy atom. The summed E-state index contributed by atoms with van der Waals surface area (Å²) in [5.41, 5.74) is -0.263. The molecule has 0 aliphatic heterocycles. The molecule has 0 bridgehead atoms. The van der Waals surface area contributed by atoms with Crippen molar-refractivity contribution in [3.63, 3.8) is 0 Å². The van der Waals surface area contributed by atoms with E-state index in [-0.39, 0.29) is 29.1 Å². The highest BCUT2D eigenvalue weighted by Gasteiger charge is 2.39. The Bertz CT molecular complexity index is 1010. The summed E-state index contributed by atoms with van der Waals surface area (Å²) in [5, 5.41) is 4.13. The quantitative estimate of drug-likeness (QED) is 0.327. The molecule has 0 aliphatic carbocycles. The molecule has 0 N–H and O–H groups in total. The largest absolute Gasteiger partial charge is 0.433 e. The van der Waals surface area contributed by atoms with Gasteiger partial charge in [-0.05, 0) is 18.6 Å². The topological polar surface area (TPSA) is 52.0 Å². The zero-order valence-corrected chi connectivity index (χ0v) is 17.8. The highest BCUT2D eigenvalue weighted by Crippen LogP contribution is 2.39. The first kappa shape index (κ1) is 25.4. The van der Waals surface area contributed by atoms with Crippen molar-refractivity contribution in [1.29, 1.82) is 0 Å². The van der Waals surface area contributed by atoms with E-state index < -0.39 is 21.7 Å². The maximum absolute atomic E-state index is 13.8. The minimum Gasteiger partial charge on any atom is -0.256 e. The standard InChI is InChI=1S/C20H21F3N2O2S.CH3F/c1-4-14-25-19(20(21,22)23)18(15-10-7-6-8-11-15)17(24-25)13-9-12-16(5-2)28(3,26)27;1-2/h4-12H,1,13-14H2,2-3H3;1H3/b12-9-,16-5+;. The van der Waals surface area contributed by atoms with Gasteiger partial charge >= 0.3 is 6.18 Å². The van der Waals surface area contributed by atoms with Crippen molar-refractivity contribution in [2.24, 2.45) is 0 Å². The van der Waals surface area contributed by atoms with Gasteiger partial charge in [-0.15, -0.1) is 6.58 Å². The number of hydrogen-bond acceptors (Lipinski definition) is 3. The number of allylic oxidation sites excluding steroid dienone is 4. The molecule has 2 aromatic rings. The summed E-state index contributed by atoms with van der Waals surface area (Å²) >= 11 is 0. The van der Waals surface area contributed by atoms with Gasteiger partial charge in [0.2, 0.25) is 0 Å². The van der Waals surface area contributed by atoms with E-state index in [9.17, 15) is 26.0 Å². The number of rotatable bonds is 7. The fraction of sp³-hybridized carbons (Fsp3) is 0.286. The smallest absolute Gasteiger partial charge is 0.256 e. The lowest BCUT2D eigenvalue weighted by Gasteiger charge is -2.12. The number of benzene rings is 1. The van der Waals surface area contributed by atoms with Crippen LogP contribution in [0.1, 0.15) is 18.3 Å². The summed E-state index contributed by atoms with van der Waals surface area (Å²) in [7, 11) is -2.91. The molecule has 0 aliphatic rings. The summed E-state index contributed by atoms with van der Waals surface area (Å²) in [4.78, 5) is 0.0929. The maximum Gasteiger partial charge on any atom is 0.433 e. The van der Waals surface area contributed by atoms with Crippen molar-refractivity contribution in [2.75, 3.05) is 13.4 Å². The second kappa shape index (κ2) is 10.9. The SMILES string of the molecule is C=CCn1nc(C/C=C\C(=C/C)S(C)(=O)=O)c(-c2ccccc2)c1C(F)(F)F.CF. The molecule has 0 spiro atoms. The van der Waals surface area contributed by atoms with Crippen LogP contribution in [-0.4, -0.2) is 31.6 Å². The number of hydrogen-bond donors (Lipinski definition) is 0. The predicted octanol–water partition coefficient (Wildman–Crippen LogP) is 5.39. The Balaban J connectivity index is 0.00000218. The Morgan fingerprint density at radius 2 is 1.80 bits per heavy atom. The minimum absolute atomic E-state index is 0.0130. The second-order valence-electron chi connectivity index (χ2n) is 6.07. The normalized spacial score (nSPS) is 12.6. The summed E-state index contributed by atoms with van der Waals surface area (Å²) in [6.07, 6.45) is 2.17. The molecular formula is C21H24F4N2O2S. The van der Waals surface area contributed by atoms with Gasteiger partial charge < -0.3 is 0 Å². The Kier molecular flexibility index (Phi) is 9.22. The summed E-state index contributed by atoms with van der Waals surface area (Å²) in [6, 6.07) is 8.20. The number of nitrogens with zero attached hydrogens (tertiary/aromatic N) is 2. The van der Waals surface area contributed by atoms with Crippen molar-refractivity contribution in [3.8, 4) is 11.1 Å². The molecule has 0 amide bonds. The van der Waals surface area contributed by atoms with Gasteiger partial charge in [0.1, 0.15) is 0 Å². The molecule has 1 heterocycles. The molecule has 0 fully saturated rings. The van der Waals surface area contributed by atoms with E-state index in [1.807, 2.05) is 0 Å². The molecule has 0 unspecified atom stereocenters. The van der Waals surface area contributed by atoms with Crippen LogP contribution in [0, 0.1) is 0 Å².